The van der Waals surface area contributed by atoms with Crippen molar-refractivity contribution in [3.8, 4) is 0 Å². The van der Waals surface area contributed by atoms with E-state index in [9.17, 15) is 0 Å². The predicted molar refractivity (Wildman–Crippen MR) is 80.5 cm³/mol. The molecule has 2 aromatic rings. The fourth-order valence-electron chi connectivity index (χ4n) is 1.57. The normalized spacial score (nSPS) is 9.31. The largest absolute Gasteiger partial charge is 0.153 e. The third-order valence-corrected chi connectivity index (χ3v) is 2.44. The van der Waals surface area contributed by atoms with E-state index in [4.69, 9.17) is 0 Å². The van der Waals surface area contributed by atoms with Gasteiger partial charge in [-0.1, -0.05) is 70.2 Å². The van der Waals surface area contributed by atoms with Crippen molar-refractivity contribution in [3.63, 3.8) is 0 Å². The van der Waals surface area contributed by atoms with E-state index >= 15 is 0 Å². The minimum absolute atomic E-state index is 0. The van der Waals surface area contributed by atoms with Crippen molar-refractivity contribution in [1.82, 2.24) is 0 Å². The van der Waals surface area contributed by atoms with E-state index in [0.717, 1.165) is 0 Å². The molecule has 0 nitrogen and oxygen atoms in total. The predicted octanol–water partition coefficient (Wildman–Crippen LogP) is 5.05. The van der Waals surface area contributed by atoms with Crippen LogP contribution < -0.4 is 0 Å². The van der Waals surface area contributed by atoms with Crippen LogP contribution in [0.15, 0.2) is 42.5 Å². The Kier molecular flexibility index (Phi) is 7.01. The van der Waals surface area contributed by atoms with Gasteiger partial charge in [0.2, 0.25) is 0 Å². The second-order valence-electron chi connectivity index (χ2n) is 3.76. The van der Waals surface area contributed by atoms with Crippen molar-refractivity contribution in [1.29, 1.82) is 0 Å². The highest BCUT2D eigenvalue weighted by molar-refractivity contribution is 6.92. The van der Waals surface area contributed by atoms with Crippen LogP contribution >= 0.6 is 9.90 Å². The molecule has 88 valence electrons. The van der Waals surface area contributed by atoms with E-state index in [1.807, 2.05) is 13.8 Å². The van der Waals surface area contributed by atoms with Gasteiger partial charge in [-0.15, -0.1) is 0 Å². The summed E-state index contributed by atoms with van der Waals surface area (Å²) >= 11 is 0. The summed E-state index contributed by atoms with van der Waals surface area (Å²) in [7, 11) is 0. The number of rotatable bonds is 1. The van der Waals surface area contributed by atoms with E-state index in [2.05, 4.69) is 56.3 Å². The highest BCUT2D eigenvalue weighted by atomic mass is 31.0. The molecule has 0 saturated carbocycles. The third-order valence-electron chi connectivity index (χ3n) is 2.44. The van der Waals surface area contributed by atoms with Gasteiger partial charge in [0, 0.05) is 0 Å². The first-order valence-corrected chi connectivity index (χ1v) is 5.76. The molecule has 0 aliphatic rings. The molecule has 0 aliphatic heterocycles. The highest BCUT2D eigenvalue weighted by Gasteiger charge is 1.99. The fourth-order valence-corrected chi connectivity index (χ4v) is 1.57. The molecule has 1 unspecified atom stereocenters. The summed E-state index contributed by atoms with van der Waals surface area (Å²) < 4.78 is 0. The average molecular weight is 234 g/mol. The van der Waals surface area contributed by atoms with Gasteiger partial charge in [-0.3, -0.25) is 0 Å². The highest BCUT2D eigenvalue weighted by Crippen LogP contribution is 2.20. The Morgan fingerprint density at radius 1 is 0.812 bits per heavy atom. The van der Waals surface area contributed by atoms with Crippen LogP contribution in [0.25, 0.3) is 10.8 Å². The summed E-state index contributed by atoms with van der Waals surface area (Å²) in [6.45, 7) is 8.45. The van der Waals surface area contributed by atoms with Crippen LogP contribution in [-0.4, -0.2) is 0 Å². The second kappa shape index (κ2) is 7.41. The third kappa shape index (κ3) is 3.61. The zero-order valence-electron chi connectivity index (χ0n) is 10.8. The van der Waals surface area contributed by atoms with Gasteiger partial charge in [-0.05, 0) is 22.3 Å². The van der Waals surface area contributed by atoms with E-state index in [1.165, 1.54) is 16.3 Å². The molecule has 1 atom stereocenters. The maximum atomic E-state index is 2.28. The zero-order chi connectivity index (χ0) is 11.3. The van der Waals surface area contributed by atoms with Gasteiger partial charge in [0.05, 0.1) is 0 Å². The number of benzene rings is 2. The Labute approximate surface area is 103 Å². The summed E-state index contributed by atoms with van der Waals surface area (Å²) in [5.41, 5.74) is 1.42. The maximum Gasteiger partial charge on any atom is -0.0181 e. The molecule has 0 aliphatic carbocycles. The molecule has 2 aromatic carbocycles. The van der Waals surface area contributed by atoms with Crippen molar-refractivity contribution in [2.75, 3.05) is 0 Å². The lowest BCUT2D eigenvalue weighted by Crippen LogP contribution is -1.85. The van der Waals surface area contributed by atoms with Crippen molar-refractivity contribution < 1.29 is 0 Å². The van der Waals surface area contributed by atoms with Gasteiger partial charge in [-0.25, -0.2) is 0 Å². The monoisotopic (exact) mass is 234 g/mol. The van der Waals surface area contributed by atoms with Gasteiger partial charge in [-0.2, -0.15) is 9.90 Å². The Morgan fingerprint density at radius 2 is 1.38 bits per heavy atom. The second-order valence-corrected chi connectivity index (χ2v) is 3.76. The van der Waals surface area contributed by atoms with E-state index in [1.54, 1.807) is 0 Å². The van der Waals surface area contributed by atoms with Gasteiger partial charge >= 0.3 is 0 Å². The van der Waals surface area contributed by atoms with Crippen LogP contribution in [0.3, 0.4) is 0 Å². The van der Waals surface area contributed by atoms with Crippen LogP contribution in [0.2, 0.25) is 0 Å². The molecule has 0 aromatic heterocycles. The van der Waals surface area contributed by atoms with Crippen molar-refractivity contribution in [2.45, 2.75) is 33.6 Å². The summed E-state index contributed by atoms with van der Waals surface area (Å²) in [4.78, 5) is 0. The van der Waals surface area contributed by atoms with Crippen LogP contribution in [0, 0.1) is 0 Å². The van der Waals surface area contributed by atoms with Gasteiger partial charge in [0.15, 0.2) is 0 Å². The first kappa shape index (κ1) is 15.1. The molecule has 0 radical (unpaired) electrons. The Balaban J connectivity index is 0.000000711. The van der Waals surface area contributed by atoms with Crippen molar-refractivity contribution >= 4 is 20.7 Å². The molecular weight excluding hydrogens is 211 g/mol. The first-order valence-electron chi connectivity index (χ1n) is 5.76. The fraction of sp³-hybridized carbons (Fsp3) is 0.333. The quantitative estimate of drug-likeness (QED) is 0.606. The Hall–Kier alpha value is -0.870. The number of hydrogen-bond acceptors (Lipinski definition) is 0. The van der Waals surface area contributed by atoms with E-state index in [-0.39, 0.29) is 9.90 Å². The molecule has 0 amide bonds. The lowest BCUT2D eigenvalue weighted by molar-refractivity contribution is 0.869. The molecule has 16 heavy (non-hydrogen) atoms. The van der Waals surface area contributed by atoms with Gasteiger partial charge < -0.3 is 0 Å². The van der Waals surface area contributed by atoms with Crippen LogP contribution in [0.5, 0.6) is 0 Å². The summed E-state index contributed by atoms with van der Waals surface area (Å²) in [6.07, 6.45) is 0. The standard InChI is InChI=1S/C13H14.C2H6.H3P/c1-10(2)12-8-7-11-5-3-4-6-13(11)9-12;1-2;/h3-10H,1-2H3;1-2H3;1H3. The minimum Gasteiger partial charge on any atom is -0.153 e. The molecule has 0 spiro atoms. The molecule has 2 rings (SSSR count). The molecule has 0 bridgehead atoms. The van der Waals surface area contributed by atoms with E-state index < -0.39 is 0 Å². The van der Waals surface area contributed by atoms with Gasteiger partial charge in [0.25, 0.3) is 0 Å². The lowest BCUT2D eigenvalue weighted by atomic mass is 9.99. The van der Waals surface area contributed by atoms with Crippen molar-refractivity contribution in [3.05, 3.63) is 48.0 Å². The average Bonchev–Trinajstić information content (AvgIpc) is 2.31. The topological polar surface area (TPSA) is 0 Å². The van der Waals surface area contributed by atoms with Crippen molar-refractivity contribution in [2.24, 2.45) is 0 Å². The Morgan fingerprint density at radius 3 is 1.94 bits per heavy atom. The SMILES string of the molecule is CC.CC(C)c1ccc2ccccc2c1.P. The number of hydrogen-bond donors (Lipinski definition) is 0. The van der Waals surface area contributed by atoms with Gasteiger partial charge in [0.1, 0.15) is 0 Å². The number of fused-ring (bicyclic) bond motifs is 1. The summed E-state index contributed by atoms with van der Waals surface area (Å²) in [6, 6.07) is 15.2. The van der Waals surface area contributed by atoms with Crippen LogP contribution in [-0.2, 0) is 0 Å². The smallest absolute Gasteiger partial charge is 0.0181 e. The molecule has 0 heterocycles. The zero-order valence-corrected chi connectivity index (χ0v) is 12.2. The molecule has 1 heteroatoms. The minimum atomic E-state index is 0. The first-order chi connectivity index (χ1) is 7.27. The van der Waals surface area contributed by atoms with Crippen LogP contribution in [0.1, 0.15) is 39.2 Å². The summed E-state index contributed by atoms with van der Waals surface area (Å²) in [5, 5.41) is 2.67. The molecule has 0 N–H and O–H groups in total. The summed E-state index contributed by atoms with van der Waals surface area (Å²) in [5.74, 6) is 0.615. The molecule has 0 saturated heterocycles. The van der Waals surface area contributed by atoms with Crippen LogP contribution in [0.4, 0.5) is 0 Å². The maximum absolute atomic E-state index is 2.28. The van der Waals surface area contributed by atoms with E-state index in [0.29, 0.717) is 5.92 Å². The molecule has 0 fully saturated rings. The molecular formula is C15H23P. The Bertz CT molecular complexity index is 418. The lowest BCUT2D eigenvalue weighted by Gasteiger charge is -2.06.